The first-order chi connectivity index (χ1) is 11.2. The number of carbonyl (C=O) groups excluding carboxylic acids is 2. The fourth-order valence-corrected chi connectivity index (χ4v) is 2.87. The highest BCUT2D eigenvalue weighted by Gasteiger charge is 2.19. The van der Waals surface area contributed by atoms with Gasteiger partial charge in [-0.05, 0) is 17.2 Å². The summed E-state index contributed by atoms with van der Waals surface area (Å²) >= 11 is 0. The summed E-state index contributed by atoms with van der Waals surface area (Å²) < 4.78 is 6.72. The third-order valence-corrected chi connectivity index (χ3v) is 3.96. The van der Waals surface area contributed by atoms with Gasteiger partial charge in [0.05, 0.1) is 19.2 Å². The van der Waals surface area contributed by atoms with Crippen LogP contribution in [0.1, 0.15) is 21.6 Å². The van der Waals surface area contributed by atoms with E-state index in [1.165, 1.54) is 7.11 Å². The molecule has 1 heterocycles. The van der Waals surface area contributed by atoms with Crippen molar-refractivity contribution < 1.29 is 14.3 Å². The molecule has 0 saturated heterocycles. The van der Waals surface area contributed by atoms with Crippen LogP contribution in [0, 0.1) is 0 Å². The van der Waals surface area contributed by atoms with Crippen LogP contribution in [-0.2, 0) is 22.5 Å². The molecule has 0 radical (unpaired) electrons. The Morgan fingerprint density at radius 1 is 1.09 bits per heavy atom. The van der Waals surface area contributed by atoms with E-state index in [4.69, 9.17) is 4.74 Å². The van der Waals surface area contributed by atoms with E-state index in [-0.39, 0.29) is 12.4 Å². The minimum atomic E-state index is -0.351. The lowest BCUT2D eigenvalue weighted by Gasteiger charge is -2.08. The molecule has 23 heavy (non-hydrogen) atoms. The predicted octanol–water partition coefficient (Wildman–Crippen LogP) is 3.22. The minimum absolute atomic E-state index is 0.0902. The van der Waals surface area contributed by atoms with Crippen molar-refractivity contribution in [1.82, 2.24) is 4.57 Å². The van der Waals surface area contributed by atoms with Crippen LogP contribution in [0.4, 0.5) is 0 Å². The molecular weight excluding hydrogens is 290 g/mol. The normalized spacial score (nSPS) is 10.7. The van der Waals surface area contributed by atoms with Crippen LogP contribution in [0.2, 0.25) is 0 Å². The molecule has 4 heteroatoms. The molecule has 0 bridgehead atoms. The molecule has 0 aliphatic carbocycles. The molecule has 3 aromatic rings. The van der Waals surface area contributed by atoms with Crippen LogP contribution in [0.25, 0.3) is 10.9 Å². The van der Waals surface area contributed by atoms with E-state index >= 15 is 0 Å². The summed E-state index contributed by atoms with van der Waals surface area (Å²) in [7, 11) is 1.35. The number of para-hydroxylation sites is 1. The zero-order valence-electron chi connectivity index (χ0n) is 12.9. The highest BCUT2D eigenvalue weighted by Crippen LogP contribution is 2.27. The first-order valence-corrected chi connectivity index (χ1v) is 7.40. The molecule has 0 amide bonds. The van der Waals surface area contributed by atoms with E-state index in [9.17, 15) is 9.59 Å². The molecule has 0 unspecified atom stereocenters. The van der Waals surface area contributed by atoms with Gasteiger partial charge in [0.2, 0.25) is 0 Å². The molecule has 0 aliphatic rings. The van der Waals surface area contributed by atoms with Gasteiger partial charge in [-0.3, -0.25) is 9.59 Å². The lowest BCUT2D eigenvalue weighted by molar-refractivity contribution is -0.139. The zero-order valence-corrected chi connectivity index (χ0v) is 12.9. The van der Waals surface area contributed by atoms with Crippen LogP contribution in [0.5, 0.6) is 0 Å². The zero-order chi connectivity index (χ0) is 16.2. The van der Waals surface area contributed by atoms with Crippen molar-refractivity contribution >= 4 is 23.2 Å². The Kier molecular flexibility index (Phi) is 4.24. The molecule has 3 rings (SSSR count). The van der Waals surface area contributed by atoms with E-state index in [0.29, 0.717) is 12.2 Å². The van der Waals surface area contributed by atoms with Gasteiger partial charge in [0.25, 0.3) is 0 Å². The smallest absolute Gasteiger partial charge is 0.310 e. The monoisotopic (exact) mass is 307 g/mol. The van der Waals surface area contributed by atoms with Crippen molar-refractivity contribution in [2.75, 3.05) is 7.11 Å². The molecule has 0 N–H and O–H groups in total. The molecule has 116 valence electrons. The first kappa shape index (κ1) is 15.0. The van der Waals surface area contributed by atoms with E-state index < -0.39 is 0 Å². The fraction of sp³-hybridized carbons (Fsp3) is 0.158. The number of ether oxygens (including phenoxy) is 1. The number of hydrogen-bond acceptors (Lipinski definition) is 3. The minimum Gasteiger partial charge on any atom is -0.469 e. The van der Waals surface area contributed by atoms with E-state index in [1.54, 1.807) is 0 Å². The molecule has 2 aromatic carbocycles. The van der Waals surface area contributed by atoms with Crippen molar-refractivity contribution in [3.8, 4) is 0 Å². The molecule has 4 nitrogen and oxygen atoms in total. The summed E-state index contributed by atoms with van der Waals surface area (Å²) in [5.41, 5.74) is 3.29. The maximum Gasteiger partial charge on any atom is 0.310 e. The summed E-state index contributed by atoms with van der Waals surface area (Å²) in [5.74, 6) is -0.351. The average Bonchev–Trinajstić information content (AvgIpc) is 2.89. The molecule has 0 aliphatic heterocycles. The summed E-state index contributed by atoms with van der Waals surface area (Å²) in [5, 5.41) is 0.913. The second-order valence-electron chi connectivity index (χ2n) is 5.32. The van der Waals surface area contributed by atoms with Crippen molar-refractivity contribution in [3.05, 3.63) is 71.4 Å². The average molecular weight is 307 g/mol. The lowest BCUT2D eigenvalue weighted by atomic mass is 10.1. The third-order valence-electron chi connectivity index (χ3n) is 3.96. The fourth-order valence-electron chi connectivity index (χ4n) is 2.87. The molecule has 0 spiro atoms. The van der Waals surface area contributed by atoms with Crippen LogP contribution >= 0.6 is 0 Å². The predicted molar refractivity (Wildman–Crippen MR) is 88.6 cm³/mol. The first-order valence-electron chi connectivity index (χ1n) is 7.40. The van der Waals surface area contributed by atoms with Gasteiger partial charge in [-0.25, -0.2) is 0 Å². The highest BCUT2D eigenvalue weighted by atomic mass is 16.5. The van der Waals surface area contributed by atoms with E-state index in [0.717, 1.165) is 28.3 Å². The maximum absolute atomic E-state index is 11.7. The molecule has 0 atom stereocenters. The largest absolute Gasteiger partial charge is 0.469 e. The number of carbonyl (C=O) groups is 2. The number of fused-ring (bicyclic) bond motifs is 1. The Balaban J connectivity index is 2.16. The van der Waals surface area contributed by atoms with Crippen LogP contribution in [0.15, 0.2) is 54.6 Å². The second-order valence-corrected chi connectivity index (χ2v) is 5.32. The number of nitrogens with zero attached hydrogens (tertiary/aromatic N) is 1. The Morgan fingerprint density at radius 3 is 2.48 bits per heavy atom. The Morgan fingerprint density at radius 2 is 1.78 bits per heavy atom. The number of methoxy groups -OCH3 is 1. The Labute approximate surface area is 134 Å². The lowest BCUT2D eigenvalue weighted by Crippen LogP contribution is -2.09. The van der Waals surface area contributed by atoms with Crippen LogP contribution < -0.4 is 0 Å². The van der Waals surface area contributed by atoms with Crippen molar-refractivity contribution in [2.24, 2.45) is 0 Å². The van der Waals surface area contributed by atoms with Crippen molar-refractivity contribution in [2.45, 2.75) is 13.0 Å². The SMILES string of the molecule is COC(=O)Cc1c(C=O)n(Cc2ccccc2)c2ccccc12. The van der Waals surface area contributed by atoms with Crippen molar-refractivity contribution in [3.63, 3.8) is 0 Å². The summed E-state index contributed by atoms with van der Waals surface area (Å²) in [6.45, 7) is 0.580. The standard InChI is InChI=1S/C19H17NO3/c1-23-19(22)11-16-15-9-5-6-10-17(15)20(18(16)13-21)12-14-7-3-2-4-8-14/h2-10,13H,11-12H2,1H3. The number of rotatable bonds is 5. The van der Waals surface area contributed by atoms with E-state index in [2.05, 4.69) is 0 Å². The molecule has 0 fully saturated rings. The molecular formula is C19H17NO3. The number of esters is 1. The number of hydrogen-bond donors (Lipinski definition) is 0. The van der Waals surface area contributed by atoms with Gasteiger partial charge in [-0.1, -0.05) is 48.5 Å². The third kappa shape index (κ3) is 2.88. The highest BCUT2D eigenvalue weighted by molar-refractivity contribution is 5.96. The van der Waals surface area contributed by atoms with Gasteiger partial charge in [0.1, 0.15) is 0 Å². The quantitative estimate of drug-likeness (QED) is 0.537. The topological polar surface area (TPSA) is 48.3 Å². The summed E-state index contributed by atoms with van der Waals surface area (Å²) in [6, 6.07) is 17.7. The van der Waals surface area contributed by atoms with E-state index in [1.807, 2.05) is 59.2 Å². The number of aldehydes is 1. The van der Waals surface area contributed by atoms with Gasteiger partial charge in [0.15, 0.2) is 6.29 Å². The second kappa shape index (κ2) is 6.48. The van der Waals surface area contributed by atoms with Crippen LogP contribution in [-0.4, -0.2) is 23.9 Å². The van der Waals surface area contributed by atoms with Gasteiger partial charge in [-0.15, -0.1) is 0 Å². The van der Waals surface area contributed by atoms with Gasteiger partial charge in [0, 0.05) is 17.4 Å². The van der Waals surface area contributed by atoms with Gasteiger partial charge < -0.3 is 9.30 Å². The van der Waals surface area contributed by atoms with Gasteiger partial charge in [-0.2, -0.15) is 0 Å². The molecule has 1 aromatic heterocycles. The summed E-state index contributed by atoms with van der Waals surface area (Å²) in [4.78, 5) is 23.4. The summed E-state index contributed by atoms with van der Waals surface area (Å²) in [6.07, 6.45) is 0.911. The Bertz CT molecular complexity index is 850. The number of aromatic nitrogens is 1. The maximum atomic E-state index is 11.7. The van der Waals surface area contributed by atoms with Crippen LogP contribution in [0.3, 0.4) is 0 Å². The molecule has 0 saturated carbocycles. The Hall–Kier alpha value is -2.88. The number of benzene rings is 2. The van der Waals surface area contributed by atoms with Gasteiger partial charge >= 0.3 is 5.97 Å². The van der Waals surface area contributed by atoms with Crippen molar-refractivity contribution in [1.29, 1.82) is 0 Å².